The molecule has 0 saturated carbocycles. The number of ether oxygens (including phenoxy) is 3. The molecule has 0 bridgehead atoms. The van der Waals surface area contributed by atoms with Crippen molar-refractivity contribution in [1.29, 1.82) is 0 Å². The molecule has 0 rings (SSSR count). The van der Waals surface area contributed by atoms with Gasteiger partial charge in [-0.25, -0.2) is 4.57 Å². The van der Waals surface area contributed by atoms with Crippen LogP contribution in [0.1, 0.15) is 239 Å². The van der Waals surface area contributed by atoms with Gasteiger partial charge in [-0.15, -0.1) is 0 Å². The third kappa shape index (κ3) is 53.2. The van der Waals surface area contributed by atoms with Gasteiger partial charge in [0.25, 0.3) is 0 Å². The van der Waals surface area contributed by atoms with E-state index in [1.807, 2.05) is 0 Å². The summed E-state index contributed by atoms with van der Waals surface area (Å²) >= 11 is 0. The minimum atomic E-state index is -4.76. The van der Waals surface area contributed by atoms with Gasteiger partial charge in [0, 0.05) is 19.3 Å². The third-order valence-corrected chi connectivity index (χ3v) is 12.9. The molecule has 424 valence electrons. The monoisotopic (exact) mass is 1060 g/mol. The number of aliphatic hydroxyl groups is 1. The number of unbranched alkanes of at least 4 members (excludes halogenated alkanes) is 20. The Kier molecular flexibility index (Phi) is 52.9. The molecular weight excluding hydrogens is 952 g/mol. The van der Waals surface area contributed by atoms with Gasteiger partial charge in [-0.1, -0.05) is 208 Å². The van der Waals surface area contributed by atoms with Crippen molar-refractivity contribution in [3.8, 4) is 0 Å². The van der Waals surface area contributed by atoms with Gasteiger partial charge in [0.2, 0.25) is 0 Å². The van der Waals surface area contributed by atoms with Crippen LogP contribution in [0.4, 0.5) is 0 Å². The second-order valence-corrected chi connectivity index (χ2v) is 20.5. The van der Waals surface area contributed by atoms with Crippen molar-refractivity contribution in [3.63, 3.8) is 0 Å². The van der Waals surface area contributed by atoms with E-state index in [1.54, 1.807) is 0 Å². The highest BCUT2D eigenvalue weighted by Gasteiger charge is 2.28. The summed E-state index contributed by atoms with van der Waals surface area (Å²) in [4.78, 5) is 48.5. The van der Waals surface area contributed by atoms with Gasteiger partial charge in [-0.05, 0) is 109 Å². The zero-order chi connectivity index (χ0) is 54.1. The summed E-state index contributed by atoms with van der Waals surface area (Å²) in [5.74, 6) is -1.51. The fraction of sp³-hybridized carbons (Fsp3) is 0.694. The molecule has 0 aromatic carbocycles. The van der Waals surface area contributed by atoms with Gasteiger partial charge < -0.3 is 24.2 Å². The fourth-order valence-corrected chi connectivity index (χ4v) is 8.36. The highest BCUT2D eigenvalue weighted by atomic mass is 31.2. The fourth-order valence-electron chi connectivity index (χ4n) is 7.58. The molecule has 3 atom stereocenters. The molecule has 0 radical (unpaired) electrons. The number of phosphoric acid groups is 1. The zero-order valence-corrected chi connectivity index (χ0v) is 47.7. The van der Waals surface area contributed by atoms with Crippen molar-refractivity contribution in [2.24, 2.45) is 0 Å². The van der Waals surface area contributed by atoms with Crippen LogP contribution in [0.15, 0.2) is 97.2 Å². The van der Waals surface area contributed by atoms with Gasteiger partial charge >= 0.3 is 25.7 Å². The van der Waals surface area contributed by atoms with Crippen LogP contribution in [0.2, 0.25) is 0 Å². The first-order valence-electron chi connectivity index (χ1n) is 29.1. The molecule has 0 aliphatic heterocycles. The van der Waals surface area contributed by atoms with E-state index in [4.69, 9.17) is 23.3 Å². The van der Waals surface area contributed by atoms with Crippen molar-refractivity contribution < 1.29 is 52.2 Å². The molecule has 12 heteroatoms. The van der Waals surface area contributed by atoms with E-state index < -0.39 is 57.8 Å². The molecule has 0 aliphatic carbocycles. The highest BCUT2D eigenvalue weighted by Crippen LogP contribution is 2.43. The average molecular weight is 1060 g/mol. The topological polar surface area (TPSA) is 155 Å². The molecular formula is C62H105O11P. The molecule has 0 heterocycles. The van der Waals surface area contributed by atoms with Crippen LogP contribution in [-0.2, 0) is 42.2 Å². The Bertz CT molecular complexity index is 1610. The first-order valence-corrected chi connectivity index (χ1v) is 30.6. The Balaban J connectivity index is 4.78. The SMILES string of the molecule is CC/C=C\C/C=C\C/C=C\C/C=C\CCCCCCCCC(=O)OC(COC(=O)CCCCCCCCC/C=C\C/C=C\C/C=C\CC)COP(=O)(O)OCC(CO)OC(=O)CCCCCCC/C=C\CCCC. The first kappa shape index (κ1) is 70.4. The lowest BCUT2D eigenvalue weighted by Crippen LogP contribution is -2.30. The third-order valence-electron chi connectivity index (χ3n) is 12.0. The summed E-state index contributed by atoms with van der Waals surface area (Å²) in [7, 11) is -4.76. The van der Waals surface area contributed by atoms with E-state index in [0.717, 1.165) is 154 Å². The van der Waals surface area contributed by atoms with Gasteiger partial charge in [-0.3, -0.25) is 23.4 Å². The summed E-state index contributed by atoms with van der Waals surface area (Å²) in [5, 5.41) is 9.80. The van der Waals surface area contributed by atoms with E-state index in [2.05, 4.69) is 118 Å². The molecule has 74 heavy (non-hydrogen) atoms. The number of rotatable bonds is 53. The molecule has 0 aliphatic rings. The molecule has 0 amide bonds. The maximum Gasteiger partial charge on any atom is 0.472 e. The molecule has 0 aromatic rings. The lowest BCUT2D eigenvalue weighted by atomic mass is 10.1. The number of aliphatic hydroxyl groups excluding tert-OH is 1. The standard InChI is InChI=1S/C62H105O11P/c1-4-7-10-13-16-19-22-24-26-28-29-31-33-35-38-41-44-47-50-53-62(66)73-59(55-69-60(64)51-48-45-42-39-37-34-32-30-27-25-23-20-17-14-11-8-5-2)57-71-74(67,68)70-56-58(54-63)72-61(65)52-49-46-43-40-36-21-18-15-12-9-6-3/h7-8,10-11,15-20,24-27,29,31,58-59,63H,4-6,9,12-14,21-23,28,30,32-57H2,1-3H3,(H,67,68)/b10-7-,11-8-,18-15-,19-16-,20-17-,26-24-,27-25-,31-29-. The normalized spacial score (nSPS) is 14.1. The molecule has 3 unspecified atom stereocenters. The number of hydrogen-bond acceptors (Lipinski definition) is 10. The number of carbonyl (C=O) groups excluding carboxylic acids is 3. The largest absolute Gasteiger partial charge is 0.472 e. The van der Waals surface area contributed by atoms with Gasteiger partial charge in [0.05, 0.1) is 19.8 Å². The molecule has 0 fully saturated rings. The summed E-state index contributed by atoms with van der Waals surface area (Å²) in [5.41, 5.74) is 0. The summed E-state index contributed by atoms with van der Waals surface area (Å²) in [6, 6.07) is 0. The van der Waals surface area contributed by atoms with Crippen molar-refractivity contribution in [2.75, 3.05) is 26.4 Å². The van der Waals surface area contributed by atoms with Crippen LogP contribution in [0.5, 0.6) is 0 Å². The molecule has 0 spiro atoms. The molecule has 0 aromatic heterocycles. The number of phosphoric ester groups is 1. The maximum atomic E-state index is 12.9. The lowest BCUT2D eigenvalue weighted by molar-refractivity contribution is -0.161. The van der Waals surface area contributed by atoms with E-state index in [9.17, 15) is 28.9 Å². The van der Waals surface area contributed by atoms with Crippen LogP contribution < -0.4 is 0 Å². The summed E-state index contributed by atoms with van der Waals surface area (Å²) < 4.78 is 39.5. The number of carbonyl (C=O) groups is 3. The van der Waals surface area contributed by atoms with Gasteiger partial charge in [-0.2, -0.15) is 0 Å². The highest BCUT2D eigenvalue weighted by molar-refractivity contribution is 7.47. The summed E-state index contributed by atoms with van der Waals surface area (Å²) in [6.45, 7) is 4.34. The minimum absolute atomic E-state index is 0.145. The van der Waals surface area contributed by atoms with Crippen molar-refractivity contribution in [1.82, 2.24) is 0 Å². The number of allylic oxidation sites excluding steroid dienone is 16. The smallest absolute Gasteiger partial charge is 0.462 e. The molecule has 2 N–H and O–H groups in total. The van der Waals surface area contributed by atoms with E-state index in [-0.39, 0.29) is 25.9 Å². The minimum Gasteiger partial charge on any atom is -0.462 e. The Morgan fingerprint density at radius 3 is 1.09 bits per heavy atom. The van der Waals surface area contributed by atoms with Crippen LogP contribution in [0.3, 0.4) is 0 Å². The average Bonchev–Trinajstić information content (AvgIpc) is 3.39. The molecule has 0 saturated heterocycles. The van der Waals surface area contributed by atoms with Crippen LogP contribution in [0.25, 0.3) is 0 Å². The van der Waals surface area contributed by atoms with Gasteiger partial charge in [0.1, 0.15) is 12.7 Å². The second kappa shape index (κ2) is 55.6. The van der Waals surface area contributed by atoms with Crippen molar-refractivity contribution in [3.05, 3.63) is 97.2 Å². The van der Waals surface area contributed by atoms with Crippen molar-refractivity contribution >= 4 is 25.7 Å². The lowest BCUT2D eigenvalue weighted by Gasteiger charge is -2.21. The first-order chi connectivity index (χ1) is 36.2. The maximum absolute atomic E-state index is 12.9. The van der Waals surface area contributed by atoms with E-state index >= 15 is 0 Å². The van der Waals surface area contributed by atoms with Crippen LogP contribution in [-0.4, -0.2) is 66.5 Å². The summed E-state index contributed by atoms with van der Waals surface area (Å²) in [6.07, 6.45) is 65.1. The zero-order valence-electron chi connectivity index (χ0n) is 46.8. The van der Waals surface area contributed by atoms with Crippen LogP contribution in [0, 0.1) is 0 Å². The number of esters is 3. The number of hydrogen-bond donors (Lipinski definition) is 2. The van der Waals surface area contributed by atoms with Crippen molar-refractivity contribution in [2.45, 2.75) is 251 Å². The quantitative estimate of drug-likeness (QED) is 0.0197. The Hall–Kier alpha value is -3.60. The Morgan fingerprint density at radius 2 is 0.703 bits per heavy atom. The predicted molar refractivity (Wildman–Crippen MR) is 307 cm³/mol. The predicted octanol–water partition coefficient (Wildman–Crippen LogP) is 17.3. The second-order valence-electron chi connectivity index (χ2n) is 19.0. The molecule has 11 nitrogen and oxygen atoms in total. The van der Waals surface area contributed by atoms with Gasteiger partial charge in [0.15, 0.2) is 6.10 Å². The Morgan fingerprint density at radius 1 is 0.392 bits per heavy atom. The Labute approximate surface area is 451 Å². The van der Waals surface area contributed by atoms with E-state index in [1.165, 1.54) is 25.7 Å². The van der Waals surface area contributed by atoms with E-state index in [0.29, 0.717) is 19.3 Å². The van der Waals surface area contributed by atoms with Crippen LogP contribution >= 0.6 is 7.82 Å².